The number of aromatic nitrogens is 2. The first-order valence-corrected chi connectivity index (χ1v) is 8.93. The Hall–Kier alpha value is -1.73. The molecule has 0 bridgehead atoms. The lowest BCUT2D eigenvalue weighted by atomic mass is 9.95. The second-order valence-electron chi connectivity index (χ2n) is 5.94. The summed E-state index contributed by atoms with van der Waals surface area (Å²) in [6.07, 6.45) is 2.63. The van der Waals surface area contributed by atoms with Crippen LogP contribution in [0.2, 0.25) is 0 Å². The molecule has 136 valence electrons. The summed E-state index contributed by atoms with van der Waals surface area (Å²) in [6.45, 7) is 3.06. The summed E-state index contributed by atoms with van der Waals surface area (Å²) in [5.41, 5.74) is -3.57. The molecule has 0 aliphatic carbocycles. The van der Waals surface area contributed by atoms with E-state index in [1.807, 2.05) is 4.98 Å². The first kappa shape index (κ1) is 18.1. The van der Waals surface area contributed by atoms with E-state index in [9.17, 15) is 19.3 Å². The second kappa shape index (κ2) is 6.21. The summed E-state index contributed by atoms with van der Waals surface area (Å²) in [5, 5.41) is 10.9. The van der Waals surface area contributed by atoms with Crippen LogP contribution in [0.4, 0.5) is 0 Å². The number of aromatic amines is 1. The van der Waals surface area contributed by atoms with Crippen molar-refractivity contribution in [2.75, 3.05) is 6.61 Å². The highest BCUT2D eigenvalue weighted by Gasteiger charge is 2.62. The Morgan fingerprint density at radius 2 is 2.28 bits per heavy atom. The van der Waals surface area contributed by atoms with Gasteiger partial charge in [-0.25, -0.2) is 9.36 Å². The Kier molecular flexibility index (Phi) is 4.49. The maximum Gasteiger partial charge on any atom is 0.475 e. The van der Waals surface area contributed by atoms with Gasteiger partial charge in [-0.15, -0.1) is 6.42 Å². The number of rotatable bonds is 3. The van der Waals surface area contributed by atoms with Gasteiger partial charge < -0.3 is 9.84 Å². The molecule has 5 unspecified atom stereocenters. The Morgan fingerprint density at radius 1 is 1.56 bits per heavy atom. The quantitative estimate of drug-likeness (QED) is 0.549. The summed E-state index contributed by atoms with van der Waals surface area (Å²) in [6, 6.07) is 1.08. The van der Waals surface area contributed by atoms with Gasteiger partial charge in [-0.3, -0.25) is 27.9 Å². The van der Waals surface area contributed by atoms with Crippen molar-refractivity contribution in [1.29, 1.82) is 0 Å². The van der Waals surface area contributed by atoms with Crippen molar-refractivity contribution < 1.29 is 28.0 Å². The molecule has 2 saturated heterocycles. The van der Waals surface area contributed by atoms with Crippen molar-refractivity contribution in [3.63, 3.8) is 0 Å². The van der Waals surface area contributed by atoms with Crippen molar-refractivity contribution in [3.05, 3.63) is 33.1 Å². The lowest BCUT2D eigenvalue weighted by Gasteiger charge is -2.34. The highest BCUT2D eigenvalue weighted by Crippen LogP contribution is 2.59. The van der Waals surface area contributed by atoms with Gasteiger partial charge in [0.2, 0.25) is 0 Å². The first-order valence-electron chi connectivity index (χ1n) is 7.47. The van der Waals surface area contributed by atoms with E-state index in [4.69, 9.17) is 24.7 Å². The molecule has 0 aromatic carbocycles. The number of phosphoric acid groups is 1. The van der Waals surface area contributed by atoms with Gasteiger partial charge in [-0.05, 0) is 13.8 Å². The third-order valence-corrected chi connectivity index (χ3v) is 5.40. The predicted octanol–water partition coefficient (Wildman–Crippen LogP) is -0.253. The summed E-state index contributed by atoms with van der Waals surface area (Å²) < 4.78 is 34.7. The largest absolute Gasteiger partial charge is 0.475 e. The third-order valence-electron chi connectivity index (χ3n) is 3.77. The van der Waals surface area contributed by atoms with E-state index in [0.717, 1.165) is 16.8 Å². The van der Waals surface area contributed by atoms with Gasteiger partial charge in [0, 0.05) is 12.3 Å². The predicted molar refractivity (Wildman–Crippen MR) is 83.7 cm³/mol. The van der Waals surface area contributed by atoms with Crippen molar-refractivity contribution in [3.8, 4) is 12.3 Å². The molecule has 1 aromatic heterocycles. The number of fused-ring (bicyclic) bond motifs is 1. The molecular formula is C14H17N2O8P. The fraction of sp³-hybridized carbons (Fsp3) is 0.571. The maximum absolute atomic E-state index is 12.5. The average molecular weight is 372 g/mol. The molecule has 2 aliphatic rings. The van der Waals surface area contributed by atoms with Crippen molar-refractivity contribution >= 4 is 7.82 Å². The lowest BCUT2D eigenvalue weighted by molar-refractivity contribution is -0.0753. The van der Waals surface area contributed by atoms with E-state index in [0.29, 0.717) is 0 Å². The van der Waals surface area contributed by atoms with Crippen molar-refractivity contribution in [1.82, 2.24) is 9.55 Å². The molecule has 3 rings (SSSR count). The van der Waals surface area contributed by atoms with Crippen LogP contribution in [0.1, 0.15) is 20.1 Å². The first-order chi connectivity index (χ1) is 11.7. The molecule has 0 amide bonds. The highest BCUT2D eigenvalue weighted by molar-refractivity contribution is 7.48. The minimum Gasteiger partial charge on any atom is -0.371 e. The number of terminal acetylenes is 1. The van der Waals surface area contributed by atoms with E-state index < -0.39 is 49.2 Å². The van der Waals surface area contributed by atoms with Gasteiger partial charge in [-0.2, -0.15) is 0 Å². The standard InChI is InChI=1S/C14H17N2O8P/c1-4-14(19)11-9(7-21-25(20,24-11)23-8(2)3)22-12(14)16-6-5-10(17)15-13(16)18/h1,5-6,8-9,11-12,19H,7H2,2-3H3,(H,15,17,18). The fourth-order valence-corrected chi connectivity index (χ4v) is 4.32. The number of hydrogen-bond donors (Lipinski definition) is 2. The molecule has 10 nitrogen and oxygen atoms in total. The van der Waals surface area contributed by atoms with Gasteiger partial charge in [-0.1, -0.05) is 5.92 Å². The van der Waals surface area contributed by atoms with Crippen molar-refractivity contribution in [2.45, 2.75) is 44.0 Å². The number of nitrogens with zero attached hydrogens (tertiary/aromatic N) is 1. The number of aliphatic hydroxyl groups is 1. The Balaban J connectivity index is 1.98. The summed E-state index contributed by atoms with van der Waals surface area (Å²) in [7, 11) is -3.95. The molecule has 0 radical (unpaired) electrons. The molecule has 11 heteroatoms. The average Bonchev–Trinajstić information content (AvgIpc) is 2.79. The Morgan fingerprint density at radius 3 is 2.88 bits per heavy atom. The summed E-state index contributed by atoms with van der Waals surface area (Å²) in [5.74, 6) is 2.14. The molecule has 0 spiro atoms. The summed E-state index contributed by atoms with van der Waals surface area (Å²) in [4.78, 5) is 25.3. The van der Waals surface area contributed by atoms with Crippen LogP contribution in [0, 0.1) is 12.3 Å². The van der Waals surface area contributed by atoms with E-state index in [-0.39, 0.29) is 6.61 Å². The normalized spacial score (nSPS) is 37.6. The molecule has 25 heavy (non-hydrogen) atoms. The van der Waals surface area contributed by atoms with Gasteiger partial charge in [0.05, 0.1) is 12.7 Å². The molecule has 2 aliphatic heterocycles. The zero-order valence-electron chi connectivity index (χ0n) is 13.4. The Labute approximate surface area is 142 Å². The van der Waals surface area contributed by atoms with E-state index in [2.05, 4.69) is 5.92 Å². The summed E-state index contributed by atoms with van der Waals surface area (Å²) >= 11 is 0. The molecule has 3 heterocycles. The number of ether oxygens (including phenoxy) is 1. The number of phosphoric ester groups is 1. The van der Waals surface area contributed by atoms with Crippen LogP contribution in [-0.2, 0) is 22.9 Å². The number of H-pyrrole nitrogens is 1. The van der Waals surface area contributed by atoms with Gasteiger partial charge in [0.25, 0.3) is 5.56 Å². The maximum atomic E-state index is 12.5. The SMILES string of the molecule is C#CC1(O)C2OP(=O)(OC(C)C)OCC2OC1n1ccc(=O)[nH]c1=O. The topological polar surface area (TPSA) is 129 Å². The van der Waals surface area contributed by atoms with Gasteiger partial charge in [0.15, 0.2) is 11.8 Å². The van der Waals surface area contributed by atoms with Gasteiger partial charge in [0.1, 0.15) is 12.2 Å². The lowest BCUT2D eigenvalue weighted by Crippen LogP contribution is -2.50. The van der Waals surface area contributed by atoms with Crippen molar-refractivity contribution in [2.24, 2.45) is 0 Å². The molecular weight excluding hydrogens is 355 g/mol. The molecule has 2 N–H and O–H groups in total. The molecule has 1 aromatic rings. The van der Waals surface area contributed by atoms with Crippen LogP contribution in [0.25, 0.3) is 0 Å². The monoisotopic (exact) mass is 372 g/mol. The minimum atomic E-state index is -3.95. The second-order valence-corrected chi connectivity index (χ2v) is 7.51. The van der Waals surface area contributed by atoms with Gasteiger partial charge >= 0.3 is 13.5 Å². The molecule has 0 saturated carbocycles. The molecule has 5 atom stereocenters. The van der Waals surface area contributed by atoms with Crippen LogP contribution in [0.5, 0.6) is 0 Å². The van der Waals surface area contributed by atoms with E-state index >= 15 is 0 Å². The third kappa shape index (κ3) is 3.11. The van der Waals surface area contributed by atoms with E-state index in [1.165, 1.54) is 0 Å². The van der Waals surface area contributed by atoms with Crippen LogP contribution in [0.15, 0.2) is 21.9 Å². The van der Waals surface area contributed by atoms with E-state index in [1.54, 1.807) is 13.8 Å². The van der Waals surface area contributed by atoms with Crippen LogP contribution < -0.4 is 11.2 Å². The fourth-order valence-electron chi connectivity index (χ4n) is 2.73. The molecule has 2 fully saturated rings. The smallest absolute Gasteiger partial charge is 0.371 e. The zero-order chi connectivity index (χ0) is 18.4. The minimum absolute atomic E-state index is 0.215. The zero-order valence-corrected chi connectivity index (χ0v) is 14.3. The van der Waals surface area contributed by atoms with Crippen LogP contribution >= 0.6 is 7.82 Å². The van der Waals surface area contributed by atoms with Crippen LogP contribution in [0.3, 0.4) is 0 Å². The van der Waals surface area contributed by atoms with Crippen LogP contribution in [-0.4, -0.2) is 45.2 Å². The number of nitrogens with one attached hydrogen (secondary N) is 1. The number of hydrogen-bond acceptors (Lipinski definition) is 8. The Bertz CT molecular complexity index is 871. The highest BCUT2D eigenvalue weighted by atomic mass is 31.2.